The van der Waals surface area contributed by atoms with Crippen LogP contribution in [0.1, 0.15) is 18.1 Å². The van der Waals surface area contributed by atoms with Crippen molar-refractivity contribution < 1.29 is 9.84 Å². The third kappa shape index (κ3) is 2.40. The van der Waals surface area contributed by atoms with Gasteiger partial charge in [0.1, 0.15) is 0 Å². The van der Waals surface area contributed by atoms with Crippen LogP contribution < -0.4 is 0 Å². The number of aliphatic hydroxyl groups excluding tert-OH is 1. The Kier molecular flexibility index (Phi) is 3.54. The molecule has 0 saturated heterocycles. The van der Waals surface area contributed by atoms with Crippen LogP contribution in [0.5, 0.6) is 0 Å². The monoisotopic (exact) mass is 216 g/mol. The summed E-state index contributed by atoms with van der Waals surface area (Å²) in [7, 11) is 0. The first-order valence-corrected chi connectivity index (χ1v) is 5.53. The highest BCUT2D eigenvalue weighted by molar-refractivity contribution is 5.83. The minimum atomic E-state index is 0.0889. The summed E-state index contributed by atoms with van der Waals surface area (Å²) in [4.78, 5) is 0. The predicted octanol–water partition coefficient (Wildman–Crippen LogP) is 2.87. The molecule has 0 aliphatic rings. The quantitative estimate of drug-likeness (QED) is 0.851. The molecule has 0 aromatic heterocycles. The van der Waals surface area contributed by atoms with Crippen LogP contribution in [-0.2, 0) is 18.0 Å². The molecule has 0 heterocycles. The molecule has 84 valence electrons. The summed E-state index contributed by atoms with van der Waals surface area (Å²) in [5.41, 5.74) is 2.12. The van der Waals surface area contributed by atoms with Crippen molar-refractivity contribution in [2.24, 2.45) is 0 Å². The molecule has 0 bridgehead atoms. The smallest absolute Gasteiger partial charge is 0.0716 e. The molecule has 0 spiro atoms. The number of ether oxygens (including phenoxy) is 1. The van der Waals surface area contributed by atoms with Crippen molar-refractivity contribution >= 4 is 10.8 Å². The molecule has 0 amide bonds. The first-order chi connectivity index (χ1) is 7.83. The van der Waals surface area contributed by atoms with Crippen molar-refractivity contribution in [1.29, 1.82) is 0 Å². The summed E-state index contributed by atoms with van der Waals surface area (Å²) in [6.45, 7) is 3.46. The fourth-order valence-corrected chi connectivity index (χ4v) is 1.75. The molecule has 0 radical (unpaired) electrons. The Morgan fingerprint density at radius 2 is 1.69 bits per heavy atom. The van der Waals surface area contributed by atoms with Crippen molar-refractivity contribution in [3.63, 3.8) is 0 Å². The maximum atomic E-state index is 9.08. The summed E-state index contributed by atoms with van der Waals surface area (Å²) >= 11 is 0. The topological polar surface area (TPSA) is 29.5 Å². The molecule has 0 unspecified atom stereocenters. The van der Waals surface area contributed by atoms with E-state index in [-0.39, 0.29) is 6.61 Å². The Hall–Kier alpha value is -1.38. The van der Waals surface area contributed by atoms with Crippen LogP contribution >= 0.6 is 0 Å². The second-order valence-electron chi connectivity index (χ2n) is 3.81. The number of hydrogen-bond donors (Lipinski definition) is 1. The maximum Gasteiger partial charge on any atom is 0.0716 e. The third-order valence-electron chi connectivity index (χ3n) is 2.62. The van der Waals surface area contributed by atoms with Gasteiger partial charge in [-0.3, -0.25) is 0 Å². The Balaban J connectivity index is 2.35. The zero-order chi connectivity index (χ0) is 11.4. The molecule has 2 nitrogen and oxygen atoms in total. The average Bonchev–Trinajstić information content (AvgIpc) is 2.35. The molecular formula is C14H16O2. The lowest BCUT2D eigenvalue weighted by atomic mass is 10.0. The van der Waals surface area contributed by atoms with Gasteiger partial charge in [-0.1, -0.05) is 24.3 Å². The molecule has 2 aromatic carbocycles. The molecular weight excluding hydrogens is 200 g/mol. The summed E-state index contributed by atoms with van der Waals surface area (Å²) < 4.78 is 5.38. The molecule has 0 saturated carbocycles. The van der Waals surface area contributed by atoms with Crippen molar-refractivity contribution in [1.82, 2.24) is 0 Å². The van der Waals surface area contributed by atoms with Gasteiger partial charge in [-0.2, -0.15) is 0 Å². The molecule has 0 aliphatic heterocycles. The highest BCUT2D eigenvalue weighted by atomic mass is 16.5. The fourth-order valence-electron chi connectivity index (χ4n) is 1.75. The van der Waals surface area contributed by atoms with Crippen molar-refractivity contribution in [2.75, 3.05) is 6.61 Å². The molecule has 0 aliphatic carbocycles. The second kappa shape index (κ2) is 5.10. The summed E-state index contributed by atoms with van der Waals surface area (Å²) in [5, 5.41) is 11.4. The van der Waals surface area contributed by atoms with E-state index in [2.05, 4.69) is 18.2 Å². The van der Waals surface area contributed by atoms with Gasteiger partial charge in [0.05, 0.1) is 13.2 Å². The van der Waals surface area contributed by atoms with Gasteiger partial charge >= 0.3 is 0 Å². The first-order valence-electron chi connectivity index (χ1n) is 5.53. The van der Waals surface area contributed by atoms with Gasteiger partial charge in [-0.15, -0.1) is 0 Å². The zero-order valence-corrected chi connectivity index (χ0v) is 9.44. The first kappa shape index (κ1) is 11.1. The molecule has 2 aromatic rings. The second-order valence-corrected chi connectivity index (χ2v) is 3.81. The highest BCUT2D eigenvalue weighted by Gasteiger charge is 1.98. The fraction of sp³-hybridized carbons (Fsp3) is 0.286. The molecule has 0 atom stereocenters. The molecule has 0 fully saturated rings. The van der Waals surface area contributed by atoms with Gasteiger partial charge < -0.3 is 9.84 Å². The van der Waals surface area contributed by atoms with Crippen LogP contribution in [0.2, 0.25) is 0 Å². The highest BCUT2D eigenvalue weighted by Crippen LogP contribution is 2.18. The standard InChI is InChI=1S/C14H16O2/c1-2-16-10-12-4-6-13-5-3-11(9-15)7-14(13)8-12/h3-8,15H,2,9-10H2,1H3. The van der Waals surface area contributed by atoms with E-state index in [0.717, 1.165) is 17.6 Å². The predicted molar refractivity (Wildman–Crippen MR) is 65.2 cm³/mol. The third-order valence-corrected chi connectivity index (χ3v) is 2.62. The van der Waals surface area contributed by atoms with Crippen LogP contribution in [0.25, 0.3) is 10.8 Å². The largest absolute Gasteiger partial charge is 0.392 e. The number of aliphatic hydroxyl groups is 1. The molecule has 16 heavy (non-hydrogen) atoms. The van der Waals surface area contributed by atoms with Crippen LogP contribution in [0, 0.1) is 0 Å². The number of fused-ring (bicyclic) bond motifs is 1. The minimum absolute atomic E-state index is 0.0889. The van der Waals surface area contributed by atoms with Crippen LogP contribution in [0.3, 0.4) is 0 Å². The van der Waals surface area contributed by atoms with Crippen molar-refractivity contribution in [3.8, 4) is 0 Å². The number of rotatable bonds is 4. The summed E-state index contributed by atoms with van der Waals surface area (Å²) in [5.74, 6) is 0. The van der Waals surface area contributed by atoms with Gasteiger partial charge in [0.15, 0.2) is 0 Å². The summed E-state index contributed by atoms with van der Waals surface area (Å²) in [6, 6.07) is 12.3. The Morgan fingerprint density at radius 3 is 2.38 bits per heavy atom. The summed E-state index contributed by atoms with van der Waals surface area (Å²) in [6.07, 6.45) is 0. The lowest BCUT2D eigenvalue weighted by molar-refractivity contribution is 0.134. The minimum Gasteiger partial charge on any atom is -0.392 e. The lowest BCUT2D eigenvalue weighted by Gasteiger charge is -2.05. The van der Waals surface area contributed by atoms with E-state index in [1.807, 2.05) is 25.1 Å². The lowest BCUT2D eigenvalue weighted by Crippen LogP contribution is -1.91. The maximum absolute atomic E-state index is 9.08. The van der Waals surface area contributed by atoms with Gasteiger partial charge in [0.2, 0.25) is 0 Å². The average molecular weight is 216 g/mol. The molecule has 2 heteroatoms. The number of hydrogen-bond acceptors (Lipinski definition) is 2. The Labute approximate surface area is 95.5 Å². The van der Waals surface area contributed by atoms with Crippen molar-refractivity contribution in [2.45, 2.75) is 20.1 Å². The van der Waals surface area contributed by atoms with Gasteiger partial charge in [-0.25, -0.2) is 0 Å². The van der Waals surface area contributed by atoms with Gasteiger partial charge in [-0.05, 0) is 41.0 Å². The SMILES string of the molecule is CCOCc1ccc2ccc(CO)cc2c1. The van der Waals surface area contributed by atoms with E-state index in [1.165, 1.54) is 10.9 Å². The van der Waals surface area contributed by atoms with E-state index < -0.39 is 0 Å². The van der Waals surface area contributed by atoms with Crippen LogP contribution in [0.15, 0.2) is 36.4 Å². The number of benzene rings is 2. The van der Waals surface area contributed by atoms with Crippen LogP contribution in [-0.4, -0.2) is 11.7 Å². The normalized spacial score (nSPS) is 10.9. The van der Waals surface area contributed by atoms with E-state index in [4.69, 9.17) is 9.84 Å². The molecule has 2 rings (SSSR count). The van der Waals surface area contributed by atoms with Gasteiger partial charge in [0, 0.05) is 6.61 Å². The zero-order valence-electron chi connectivity index (χ0n) is 9.44. The van der Waals surface area contributed by atoms with E-state index in [0.29, 0.717) is 6.61 Å². The van der Waals surface area contributed by atoms with E-state index >= 15 is 0 Å². The van der Waals surface area contributed by atoms with Gasteiger partial charge in [0.25, 0.3) is 0 Å². The Morgan fingerprint density at radius 1 is 1.00 bits per heavy atom. The van der Waals surface area contributed by atoms with Crippen molar-refractivity contribution in [3.05, 3.63) is 47.5 Å². The molecule has 1 N–H and O–H groups in total. The van der Waals surface area contributed by atoms with Crippen LogP contribution in [0.4, 0.5) is 0 Å². The Bertz CT molecular complexity index is 477. The van der Waals surface area contributed by atoms with E-state index in [9.17, 15) is 0 Å². The van der Waals surface area contributed by atoms with E-state index in [1.54, 1.807) is 0 Å².